The summed E-state index contributed by atoms with van der Waals surface area (Å²) in [5, 5.41) is 30.6. The third kappa shape index (κ3) is 18.2. The number of carbonyl (C=O) groups is 4. The largest absolute Gasteiger partial charge is 0.480 e. The Kier molecular flexibility index (Phi) is 20.3. The van der Waals surface area contributed by atoms with Crippen molar-refractivity contribution in [3.63, 3.8) is 0 Å². The zero-order valence-corrected chi connectivity index (χ0v) is 22.6. The standard InChI is InChI=1S/C22H41N5O8.Lu/c1-2-13-35-14-3-4-23-19(28)15-24-5-7-25(16-20(29)30)9-11-27(18-22(33)34)12-10-26(8-6-24)17-21(31)32;/h2-18H2,1H3,(H,23,28)(H,29,30)(H,31,32)(H,33,34);. The Morgan fingerprint density at radius 3 is 1.36 bits per heavy atom. The molecular weight excluding hydrogens is 637 g/mol. The van der Waals surface area contributed by atoms with Gasteiger partial charge in [-0.25, -0.2) is 0 Å². The van der Waals surface area contributed by atoms with E-state index >= 15 is 0 Å². The summed E-state index contributed by atoms with van der Waals surface area (Å²) in [7, 11) is 0. The van der Waals surface area contributed by atoms with Gasteiger partial charge in [0, 0.05) is 109 Å². The van der Waals surface area contributed by atoms with Crippen LogP contribution in [-0.2, 0) is 23.9 Å². The van der Waals surface area contributed by atoms with Crippen LogP contribution in [0.5, 0.6) is 0 Å². The van der Waals surface area contributed by atoms with E-state index < -0.39 is 17.9 Å². The maximum Gasteiger partial charge on any atom is 0.317 e. The molecule has 14 heteroatoms. The van der Waals surface area contributed by atoms with Crippen LogP contribution in [0.15, 0.2) is 0 Å². The van der Waals surface area contributed by atoms with Crippen LogP contribution in [0.2, 0.25) is 0 Å². The van der Waals surface area contributed by atoms with E-state index in [4.69, 9.17) is 4.74 Å². The van der Waals surface area contributed by atoms with Crippen molar-refractivity contribution >= 4 is 23.8 Å². The SMILES string of the molecule is CCCOCCCNC(=O)CN1CCN(CC(=O)O)CCN(CC(=O)O)CCN(CC(=O)O)CC1.[Lu]. The summed E-state index contributed by atoms with van der Waals surface area (Å²) in [6.45, 7) is 6.25. The Morgan fingerprint density at radius 1 is 0.667 bits per heavy atom. The molecule has 0 atom stereocenters. The van der Waals surface area contributed by atoms with Gasteiger partial charge in [-0.1, -0.05) is 6.92 Å². The van der Waals surface area contributed by atoms with Crippen molar-refractivity contribution in [2.75, 3.05) is 98.3 Å². The molecule has 0 aromatic rings. The first-order valence-corrected chi connectivity index (χ1v) is 12.1. The number of nitrogens with zero attached hydrogens (tertiary/aromatic N) is 4. The molecule has 1 amide bonds. The fourth-order valence-electron chi connectivity index (χ4n) is 3.69. The molecule has 0 saturated carbocycles. The van der Waals surface area contributed by atoms with Crippen LogP contribution in [0, 0.1) is 36.9 Å². The Balaban J connectivity index is 0.0000122. The first-order chi connectivity index (χ1) is 16.7. The number of aliphatic carboxylic acids is 3. The van der Waals surface area contributed by atoms with Crippen molar-refractivity contribution in [1.29, 1.82) is 0 Å². The van der Waals surface area contributed by atoms with Crippen LogP contribution in [-0.4, -0.2) is 157 Å². The molecule has 36 heavy (non-hydrogen) atoms. The van der Waals surface area contributed by atoms with E-state index in [1.165, 1.54) is 0 Å². The summed E-state index contributed by atoms with van der Waals surface area (Å²) in [6, 6.07) is 0. The van der Waals surface area contributed by atoms with Crippen LogP contribution in [0.3, 0.4) is 0 Å². The minimum absolute atomic E-state index is 0. The summed E-state index contributed by atoms with van der Waals surface area (Å²) in [5.74, 6) is -3.12. The van der Waals surface area contributed by atoms with Crippen molar-refractivity contribution < 1.29 is 76.1 Å². The monoisotopic (exact) mass is 678 g/mol. The average molecular weight is 679 g/mol. The van der Waals surface area contributed by atoms with E-state index in [2.05, 4.69) is 5.32 Å². The predicted molar refractivity (Wildman–Crippen MR) is 127 cm³/mol. The second-order valence-electron chi connectivity index (χ2n) is 8.60. The van der Waals surface area contributed by atoms with E-state index in [1.54, 1.807) is 14.7 Å². The second kappa shape index (κ2) is 20.9. The minimum Gasteiger partial charge on any atom is -0.480 e. The van der Waals surface area contributed by atoms with Gasteiger partial charge >= 0.3 is 17.9 Å². The fraction of sp³-hybridized carbons (Fsp3) is 0.818. The number of nitrogens with one attached hydrogen (secondary N) is 1. The number of amides is 1. The van der Waals surface area contributed by atoms with Gasteiger partial charge < -0.3 is 25.4 Å². The van der Waals surface area contributed by atoms with Gasteiger partial charge in [0.05, 0.1) is 26.2 Å². The Morgan fingerprint density at radius 2 is 1.03 bits per heavy atom. The third-order valence-electron chi connectivity index (χ3n) is 5.51. The number of rotatable bonds is 14. The average Bonchev–Trinajstić information content (AvgIpc) is 2.77. The molecule has 1 aliphatic heterocycles. The predicted octanol–water partition coefficient (Wildman–Crippen LogP) is -1.61. The van der Waals surface area contributed by atoms with Gasteiger partial charge in [0.1, 0.15) is 0 Å². The minimum atomic E-state index is -0.999. The molecule has 0 spiro atoms. The number of carbonyl (C=O) groups excluding carboxylic acids is 1. The molecule has 1 saturated heterocycles. The molecule has 1 fully saturated rings. The Labute approximate surface area is 241 Å². The molecule has 0 aliphatic carbocycles. The topological polar surface area (TPSA) is 163 Å². The Hall–Kier alpha value is -1.09. The van der Waals surface area contributed by atoms with Crippen LogP contribution < -0.4 is 5.32 Å². The number of carboxylic acid groups (broad SMARTS) is 3. The zero-order chi connectivity index (χ0) is 26.1. The van der Waals surface area contributed by atoms with Crippen molar-refractivity contribution in [2.45, 2.75) is 19.8 Å². The number of ether oxygens (including phenoxy) is 1. The first kappa shape index (κ1) is 34.9. The Bertz CT molecular complexity index is 640. The van der Waals surface area contributed by atoms with Gasteiger partial charge in [0.25, 0.3) is 0 Å². The van der Waals surface area contributed by atoms with Gasteiger partial charge in [0.15, 0.2) is 0 Å². The van der Waals surface area contributed by atoms with Gasteiger partial charge in [-0.3, -0.25) is 38.8 Å². The summed E-state index contributed by atoms with van der Waals surface area (Å²) in [4.78, 5) is 53.4. The van der Waals surface area contributed by atoms with Gasteiger partial charge in [-0.15, -0.1) is 0 Å². The number of carboxylic acids is 3. The molecule has 0 aromatic carbocycles. The molecule has 1 heterocycles. The van der Waals surface area contributed by atoms with E-state index in [9.17, 15) is 34.5 Å². The third-order valence-corrected chi connectivity index (χ3v) is 5.51. The normalized spacial score (nSPS) is 17.4. The second-order valence-corrected chi connectivity index (χ2v) is 8.60. The molecule has 0 unspecified atom stereocenters. The van der Waals surface area contributed by atoms with E-state index in [-0.39, 0.29) is 69.0 Å². The molecule has 1 aliphatic rings. The van der Waals surface area contributed by atoms with Crippen molar-refractivity contribution in [2.24, 2.45) is 0 Å². The number of hydrogen-bond donors (Lipinski definition) is 4. The molecule has 1 rings (SSSR count). The first-order valence-electron chi connectivity index (χ1n) is 12.1. The summed E-state index contributed by atoms with van der Waals surface area (Å²) in [6.07, 6.45) is 1.65. The summed E-state index contributed by atoms with van der Waals surface area (Å²) >= 11 is 0. The van der Waals surface area contributed by atoms with Crippen molar-refractivity contribution in [1.82, 2.24) is 24.9 Å². The van der Waals surface area contributed by atoms with E-state index in [1.807, 2.05) is 11.8 Å². The fourth-order valence-corrected chi connectivity index (χ4v) is 3.69. The molecule has 217 valence electrons. The molecule has 0 bridgehead atoms. The van der Waals surface area contributed by atoms with Crippen LogP contribution in [0.25, 0.3) is 0 Å². The van der Waals surface area contributed by atoms with Crippen molar-refractivity contribution in [3.8, 4) is 0 Å². The summed E-state index contributed by atoms with van der Waals surface area (Å²) < 4.78 is 5.40. The number of hydrogen-bond acceptors (Lipinski definition) is 9. The molecule has 13 nitrogen and oxygen atoms in total. The molecule has 0 aromatic heterocycles. The summed E-state index contributed by atoms with van der Waals surface area (Å²) in [5.41, 5.74) is 0. The maximum atomic E-state index is 12.5. The quantitative estimate of drug-likeness (QED) is 0.156. The van der Waals surface area contributed by atoms with E-state index in [0.29, 0.717) is 78.5 Å². The van der Waals surface area contributed by atoms with E-state index in [0.717, 1.165) is 6.42 Å². The zero-order valence-electron chi connectivity index (χ0n) is 21.0. The van der Waals surface area contributed by atoms with Gasteiger partial charge in [-0.2, -0.15) is 0 Å². The maximum absolute atomic E-state index is 12.5. The molecule has 1 radical (unpaired) electrons. The van der Waals surface area contributed by atoms with Crippen molar-refractivity contribution in [3.05, 3.63) is 0 Å². The molecule has 4 N–H and O–H groups in total. The van der Waals surface area contributed by atoms with Crippen LogP contribution in [0.1, 0.15) is 19.8 Å². The van der Waals surface area contributed by atoms with Gasteiger partial charge in [0.2, 0.25) is 5.91 Å². The van der Waals surface area contributed by atoms with Crippen LogP contribution in [0.4, 0.5) is 0 Å². The van der Waals surface area contributed by atoms with Crippen LogP contribution >= 0.6 is 0 Å². The smallest absolute Gasteiger partial charge is 0.317 e. The van der Waals surface area contributed by atoms with Gasteiger partial charge in [-0.05, 0) is 12.8 Å². The molecular formula is C22H41LuN5O8.